The van der Waals surface area contributed by atoms with E-state index in [2.05, 4.69) is 66.7 Å². The highest BCUT2D eigenvalue weighted by molar-refractivity contribution is 7.25. The van der Waals surface area contributed by atoms with Crippen molar-refractivity contribution in [1.82, 2.24) is 4.98 Å². The highest BCUT2D eigenvalue weighted by atomic mass is 32.1. The fourth-order valence-corrected chi connectivity index (χ4v) is 4.87. The Labute approximate surface area is 159 Å². The number of thiophene rings is 1. The van der Waals surface area contributed by atoms with E-state index in [0.717, 1.165) is 28.8 Å². The van der Waals surface area contributed by atoms with E-state index in [1.807, 2.05) is 12.1 Å². The van der Waals surface area contributed by atoms with Crippen LogP contribution in [0.15, 0.2) is 83.3 Å². The van der Waals surface area contributed by atoms with E-state index in [1.165, 1.54) is 31.1 Å². The third kappa shape index (κ3) is 2.36. The number of fused-ring (bicyclic) bond motifs is 6. The molecular formula is C24H15NOS. The summed E-state index contributed by atoms with van der Waals surface area (Å²) < 4.78 is 8.48. The molecule has 128 valence electrons. The number of rotatable bonds is 2. The van der Waals surface area contributed by atoms with E-state index in [4.69, 9.17) is 9.40 Å². The van der Waals surface area contributed by atoms with Gasteiger partial charge in [0.1, 0.15) is 11.2 Å². The molecule has 0 saturated carbocycles. The van der Waals surface area contributed by atoms with Crippen molar-refractivity contribution in [2.45, 2.75) is 6.42 Å². The Balaban J connectivity index is 1.46. The number of para-hydroxylation sites is 1. The first-order valence-electron chi connectivity index (χ1n) is 9.02. The van der Waals surface area contributed by atoms with E-state index in [1.54, 1.807) is 11.3 Å². The summed E-state index contributed by atoms with van der Waals surface area (Å²) in [5.74, 6) is 0. The van der Waals surface area contributed by atoms with Crippen molar-refractivity contribution in [2.75, 3.05) is 0 Å². The van der Waals surface area contributed by atoms with Gasteiger partial charge in [-0.3, -0.25) is 4.98 Å². The zero-order valence-electron chi connectivity index (χ0n) is 14.5. The summed E-state index contributed by atoms with van der Waals surface area (Å²) in [6, 6.07) is 27.5. The van der Waals surface area contributed by atoms with E-state index in [-0.39, 0.29) is 0 Å². The smallest absolute Gasteiger partial charge is 0.135 e. The van der Waals surface area contributed by atoms with Gasteiger partial charge in [0.2, 0.25) is 0 Å². The number of hydrogen-bond acceptors (Lipinski definition) is 3. The molecule has 6 rings (SSSR count). The second-order valence-corrected chi connectivity index (χ2v) is 7.94. The SMILES string of the molecule is c1ccc2c(c1)oc1ccc(Cc3ccc4sc5ccccc5c4n3)cc12. The molecule has 0 fully saturated rings. The van der Waals surface area contributed by atoms with Crippen molar-refractivity contribution in [2.24, 2.45) is 0 Å². The fraction of sp³-hybridized carbons (Fsp3) is 0.0417. The number of benzene rings is 3. The molecule has 6 aromatic rings. The second kappa shape index (κ2) is 5.66. The van der Waals surface area contributed by atoms with Crippen molar-refractivity contribution in [3.8, 4) is 0 Å². The van der Waals surface area contributed by atoms with Gasteiger partial charge in [-0.05, 0) is 42.0 Å². The molecule has 0 atom stereocenters. The first kappa shape index (κ1) is 14.9. The number of hydrogen-bond donors (Lipinski definition) is 0. The van der Waals surface area contributed by atoms with Crippen LogP contribution in [0.5, 0.6) is 0 Å². The molecule has 0 N–H and O–H groups in total. The molecule has 3 heteroatoms. The molecule has 0 aliphatic rings. The minimum absolute atomic E-state index is 0.815. The molecular weight excluding hydrogens is 350 g/mol. The van der Waals surface area contributed by atoms with Crippen molar-refractivity contribution in [1.29, 1.82) is 0 Å². The lowest BCUT2D eigenvalue weighted by atomic mass is 10.1. The average Bonchev–Trinajstić information content (AvgIpc) is 3.26. The lowest BCUT2D eigenvalue weighted by Crippen LogP contribution is -1.91. The average molecular weight is 365 g/mol. The Morgan fingerprint density at radius 3 is 2.48 bits per heavy atom. The van der Waals surface area contributed by atoms with Crippen LogP contribution >= 0.6 is 11.3 Å². The Kier molecular flexibility index (Phi) is 3.13. The van der Waals surface area contributed by atoms with Gasteiger partial charge >= 0.3 is 0 Å². The van der Waals surface area contributed by atoms with Gasteiger partial charge < -0.3 is 4.42 Å². The molecule has 0 spiro atoms. The van der Waals surface area contributed by atoms with Crippen LogP contribution in [0, 0.1) is 0 Å². The van der Waals surface area contributed by atoms with E-state index < -0.39 is 0 Å². The maximum absolute atomic E-state index is 5.94. The fourth-order valence-electron chi connectivity index (χ4n) is 3.82. The molecule has 3 heterocycles. The highest BCUT2D eigenvalue weighted by Crippen LogP contribution is 2.33. The number of nitrogens with zero attached hydrogens (tertiary/aromatic N) is 1. The number of furan rings is 1. The van der Waals surface area contributed by atoms with Gasteiger partial charge in [-0.2, -0.15) is 0 Å². The summed E-state index contributed by atoms with van der Waals surface area (Å²) in [6.07, 6.45) is 0.815. The van der Waals surface area contributed by atoms with Crippen LogP contribution in [-0.2, 0) is 6.42 Å². The summed E-state index contributed by atoms with van der Waals surface area (Å²) in [5, 5.41) is 3.59. The van der Waals surface area contributed by atoms with Crippen LogP contribution in [0.1, 0.15) is 11.3 Å². The number of aromatic nitrogens is 1. The van der Waals surface area contributed by atoms with Crippen LogP contribution in [0.4, 0.5) is 0 Å². The first-order chi connectivity index (χ1) is 13.3. The Bertz CT molecular complexity index is 1350. The topological polar surface area (TPSA) is 26.0 Å². The van der Waals surface area contributed by atoms with Crippen LogP contribution in [0.25, 0.3) is 42.2 Å². The quantitative estimate of drug-likeness (QED) is 0.332. The summed E-state index contributed by atoms with van der Waals surface area (Å²) in [7, 11) is 0. The normalized spacial score (nSPS) is 11.9. The predicted octanol–water partition coefficient (Wildman–Crippen LogP) is 6.94. The molecule has 0 saturated heterocycles. The molecule has 0 amide bonds. The first-order valence-corrected chi connectivity index (χ1v) is 9.84. The minimum Gasteiger partial charge on any atom is -0.456 e. The molecule has 27 heavy (non-hydrogen) atoms. The van der Waals surface area contributed by atoms with Gasteiger partial charge in [0.25, 0.3) is 0 Å². The van der Waals surface area contributed by atoms with Gasteiger partial charge in [-0.1, -0.05) is 42.5 Å². The van der Waals surface area contributed by atoms with Gasteiger partial charge in [0.15, 0.2) is 0 Å². The molecule has 0 aliphatic heterocycles. The van der Waals surface area contributed by atoms with Crippen LogP contribution < -0.4 is 0 Å². The maximum Gasteiger partial charge on any atom is 0.135 e. The van der Waals surface area contributed by atoms with Gasteiger partial charge in [0, 0.05) is 33.0 Å². The lowest BCUT2D eigenvalue weighted by molar-refractivity contribution is 0.669. The highest BCUT2D eigenvalue weighted by Gasteiger charge is 2.10. The predicted molar refractivity (Wildman–Crippen MR) is 114 cm³/mol. The second-order valence-electron chi connectivity index (χ2n) is 6.85. The third-order valence-electron chi connectivity index (χ3n) is 5.10. The van der Waals surface area contributed by atoms with Gasteiger partial charge in [-0.15, -0.1) is 11.3 Å². The van der Waals surface area contributed by atoms with E-state index in [9.17, 15) is 0 Å². The summed E-state index contributed by atoms with van der Waals surface area (Å²) in [5.41, 5.74) is 5.34. The molecule has 0 aliphatic carbocycles. The largest absolute Gasteiger partial charge is 0.456 e. The monoisotopic (exact) mass is 365 g/mol. The van der Waals surface area contributed by atoms with E-state index in [0.29, 0.717) is 0 Å². The Morgan fingerprint density at radius 1 is 0.704 bits per heavy atom. The zero-order valence-corrected chi connectivity index (χ0v) is 15.3. The molecule has 3 aromatic carbocycles. The number of pyridine rings is 1. The van der Waals surface area contributed by atoms with Crippen LogP contribution in [-0.4, -0.2) is 4.98 Å². The van der Waals surface area contributed by atoms with Crippen molar-refractivity contribution < 1.29 is 4.42 Å². The molecule has 2 nitrogen and oxygen atoms in total. The Morgan fingerprint density at radius 2 is 1.52 bits per heavy atom. The Hall–Kier alpha value is -3.17. The summed E-state index contributed by atoms with van der Waals surface area (Å²) in [6.45, 7) is 0. The minimum atomic E-state index is 0.815. The molecule has 0 unspecified atom stereocenters. The van der Waals surface area contributed by atoms with Gasteiger partial charge in [0.05, 0.1) is 10.2 Å². The molecule has 0 radical (unpaired) electrons. The zero-order chi connectivity index (χ0) is 17.8. The lowest BCUT2D eigenvalue weighted by Gasteiger charge is -2.02. The third-order valence-corrected chi connectivity index (χ3v) is 6.23. The van der Waals surface area contributed by atoms with Crippen LogP contribution in [0.2, 0.25) is 0 Å². The van der Waals surface area contributed by atoms with Gasteiger partial charge in [-0.25, -0.2) is 0 Å². The maximum atomic E-state index is 5.94. The summed E-state index contributed by atoms with van der Waals surface area (Å²) in [4.78, 5) is 4.98. The van der Waals surface area contributed by atoms with Crippen LogP contribution in [0.3, 0.4) is 0 Å². The standard InChI is InChI=1S/C24H15NOS/c1-3-7-20-17(5-1)19-14-15(9-11-21(19)26-20)13-16-10-12-23-24(25-16)18-6-2-4-8-22(18)27-23/h1-12,14H,13H2. The molecule has 3 aromatic heterocycles. The van der Waals surface area contributed by atoms with Crippen molar-refractivity contribution in [3.05, 3.63) is 90.1 Å². The molecule has 0 bridgehead atoms. The van der Waals surface area contributed by atoms with E-state index >= 15 is 0 Å². The van der Waals surface area contributed by atoms with Crippen molar-refractivity contribution >= 4 is 53.6 Å². The van der Waals surface area contributed by atoms with Crippen molar-refractivity contribution in [3.63, 3.8) is 0 Å². The summed E-state index contributed by atoms with van der Waals surface area (Å²) >= 11 is 1.81.